The maximum atomic E-state index is 5.42. The minimum atomic E-state index is -0.185. The van der Waals surface area contributed by atoms with Gasteiger partial charge in [0.05, 0.1) is 0 Å². The highest BCUT2D eigenvalue weighted by Gasteiger charge is 2.56. The third-order valence-corrected chi connectivity index (χ3v) is 14.4. The molecule has 4 bridgehead atoms. The van der Waals surface area contributed by atoms with Crippen molar-refractivity contribution in [2.45, 2.75) is 63.7 Å². The smallest absolute Gasteiger partial charge is 0.164 e. The number of nitrogens with zero attached hydrogens (tertiary/aromatic N) is 3. The molecule has 6 aromatic carbocycles. The molecule has 7 aromatic rings. The highest BCUT2D eigenvalue weighted by atomic mass is 15.0. The average molecular weight is 698 g/mol. The Morgan fingerprint density at radius 3 is 1.93 bits per heavy atom. The summed E-state index contributed by atoms with van der Waals surface area (Å²) >= 11 is 0. The van der Waals surface area contributed by atoms with Crippen LogP contribution in [0.1, 0.15) is 80.5 Å². The predicted molar refractivity (Wildman–Crippen MR) is 219 cm³/mol. The Morgan fingerprint density at radius 1 is 0.500 bits per heavy atom. The van der Waals surface area contributed by atoms with Crippen molar-refractivity contribution >= 4 is 10.8 Å². The lowest BCUT2D eigenvalue weighted by molar-refractivity contribution is -0.0610. The van der Waals surface area contributed by atoms with Crippen LogP contribution in [0.25, 0.3) is 67.2 Å². The van der Waals surface area contributed by atoms with Crippen LogP contribution in [0, 0.1) is 23.2 Å². The zero-order chi connectivity index (χ0) is 35.8. The summed E-state index contributed by atoms with van der Waals surface area (Å²) in [6.45, 7) is 4.68. The predicted octanol–water partition coefficient (Wildman–Crippen LogP) is 12.7. The molecule has 0 aliphatic heterocycles. The lowest BCUT2D eigenvalue weighted by Gasteiger charge is -2.59. The van der Waals surface area contributed by atoms with Gasteiger partial charge in [0.15, 0.2) is 17.5 Å². The molecule has 54 heavy (non-hydrogen) atoms. The van der Waals surface area contributed by atoms with E-state index in [2.05, 4.69) is 141 Å². The van der Waals surface area contributed by atoms with E-state index in [4.69, 9.17) is 15.0 Å². The summed E-state index contributed by atoms with van der Waals surface area (Å²) in [6.07, 6.45) is 8.43. The molecule has 0 radical (unpaired) electrons. The Bertz CT molecular complexity index is 2650. The van der Waals surface area contributed by atoms with Crippen molar-refractivity contribution in [3.63, 3.8) is 0 Å². The third-order valence-electron chi connectivity index (χ3n) is 14.4. The summed E-state index contributed by atoms with van der Waals surface area (Å²) in [6, 6.07) is 47.0. The van der Waals surface area contributed by atoms with E-state index in [0.29, 0.717) is 17.2 Å². The molecule has 0 N–H and O–H groups in total. The van der Waals surface area contributed by atoms with Crippen LogP contribution in [0.4, 0.5) is 0 Å². The number of fused-ring (bicyclic) bond motifs is 8. The fourth-order valence-corrected chi connectivity index (χ4v) is 12.7. The zero-order valence-electron chi connectivity index (χ0n) is 31.0. The van der Waals surface area contributed by atoms with Crippen LogP contribution in [-0.4, -0.2) is 15.0 Å². The molecule has 0 saturated heterocycles. The van der Waals surface area contributed by atoms with E-state index in [9.17, 15) is 0 Å². The molecule has 3 nitrogen and oxygen atoms in total. The molecule has 0 amide bonds. The first-order valence-electron chi connectivity index (χ1n) is 20.2. The van der Waals surface area contributed by atoms with Crippen molar-refractivity contribution in [1.29, 1.82) is 0 Å². The highest BCUT2D eigenvalue weighted by molar-refractivity contribution is 5.97. The number of rotatable bonds is 4. The fourth-order valence-electron chi connectivity index (χ4n) is 12.7. The normalized spacial score (nSPS) is 25.0. The van der Waals surface area contributed by atoms with E-state index in [1.54, 1.807) is 5.56 Å². The van der Waals surface area contributed by atoms with Crippen LogP contribution in [0.2, 0.25) is 0 Å². The number of benzene rings is 6. The van der Waals surface area contributed by atoms with Crippen molar-refractivity contribution in [2.75, 3.05) is 0 Å². The van der Waals surface area contributed by atoms with Gasteiger partial charge in [-0.2, -0.15) is 0 Å². The summed E-state index contributed by atoms with van der Waals surface area (Å²) < 4.78 is 0. The molecule has 1 unspecified atom stereocenters. The molecular weight excluding hydrogens is 655 g/mol. The van der Waals surface area contributed by atoms with Crippen LogP contribution < -0.4 is 0 Å². The largest absolute Gasteiger partial charge is 0.208 e. The number of hydrogen-bond donors (Lipinski definition) is 0. The first-order valence-corrected chi connectivity index (χ1v) is 20.2. The lowest BCUT2D eigenvalue weighted by Crippen LogP contribution is -2.48. The van der Waals surface area contributed by atoms with Crippen molar-refractivity contribution in [3.8, 4) is 56.4 Å². The third kappa shape index (κ3) is 4.33. The van der Waals surface area contributed by atoms with Crippen LogP contribution in [0.3, 0.4) is 0 Å². The second kappa shape index (κ2) is 11.1. The number of aromatic nitrogens is 3. The van der Waals surface area contributed by atoms with Crippen LogP contribution in [-0.2, 0) is 5.41 Å². The zero-order valence-corrected chi connectivity index (χ0v) is 31.0. The standard InChI is InChI=1S/C51H43N3/c1-50(2)43-18-9-8-15-38(43)40-16-10-17-41(45(40)50)49-53-47(34-12-4-3-5-13-34)52-48(54-49)35-20-21-37-39-22-19-33-11-6-7-14-36(33)44(39)46(42(37)26-35)51-27-30-23-31(28-51)25-32(24-30)29-51/h3-22,26,30-32,46H,23-25,27-29H2,1-2H3. The summed E-state index contributed by atoms with van der Waals surface area (Å²) in [4.78, 5) is 16.0. The Labute approximate surface area is 317 Å². The van der Waals surface area contributed by atoms with Gasteiger partial charge in [-0.1, -0.05) is 135 Å². The Hall–Kier alpha value is -5.41. The quantitative estimate of drug-likeness (QED) is 0.184. The molecule has 6 aliphatic rings. The molecule has 1 aromatic heterocycles. The molecule has 1 atom stereocenters. The highest BCUT2D eigenvalue weighted by Crippen LogP contribution is 2.69. The van der Waals surface area contributed by atoms with Crippen molar-refractivity contribution in [3.05, 3.63) is 150 Å². The molecular formula is C51H43N3. The van der Waals surface area contributed by atoms with Crippen LogP contribution >= 0.6 is 0 Å². The number of hydrogen-bond acceptors (Lipinski definition) is 3. The van der Waals surface area contributed by atoms with Gasteiger partial charge in [0.1, 0.15) is 0 Å². The van der Waals surface area contributed by atoms with Gasteiger partial charge in [-0.05, 0) is 123 Å². The van der Waals surface area contributed by atoms with E-state index >= 15 is 0 Å². The molecule has 13 rings (SSSR count). The molecule has 1 heterocycles. The van der Waals surface area contributed by atoms with Gasteiger partial charge < -0.3 is 0 Å². The topological polar surface area (TPSA) is 38.7 Å². The van der Waals surface area contributed by atoms with Gasteiger partial charge in [0, 0.05) is 28.0 Å². The van der Waals surface area contributed by atoms with Gasteiger partial charge in [-0.25, -0.2) is 15.0 Å². The Kier molecular flexibility index (Phi) is 6.35. The molecule has 262 valence electrons. The molecule has 4 saturated carbocycles. The molecule has 0 spiro atoms. The van der Waals surface area contributed by atoms with Gasteiger partial charge in [-0.15, -0.1) is 0 Å². The lowest BCUT2D eigenvalue weighted by atomic mass is 9.45. The Balaban J connectivity index is 1.07. The van der Waals surface area contributed by atoms with Gasteiger partial charge >= 0.3 is 0 Å². The summed E-state index contributed by atoms with van der Waals surface area (Å²) in [5.41, 5.74) is 14.4. The molecule has 3 heteroatoms. The summed E-state index contributed by atoms with van der Waals surface area (Å²) in [7, 11) is 0. The average Bonchev–Trinajstić information content (AvgIpc) is 3.67. The molecule has 6 aliphatic carbocycles. The fraction of sp³-hybridized carbons (Fsp3) is 0.275. The van der Waals surface area contributed by atoms with Crippen molar-refractivity contribution < 1.29 is 0 Å². The Morgan fingerprint density at radius 2 is 1.13 bits per heavy atom. The van der Waals surface area contributed by atoms with Crippen LogP contribution in [0.15, 0.2) is 127 Å². The second-order valence-corrected chi connectivity index (χ2v) is 17.8. The van der Waals surface area contributed by atoms with E-state index in [-0.39, 0.29) is 5.41 Å². The van der Waals surface area contributed by atoms with Crippen LogP contribution in [0.5, 0.6) is 0 Å². The first-order chi connectivity index (χ1) is 26.4. The van der Waals surface area contributed by atoms with Gasteiger partial charge in [-0.3, -0.25) is 0 Å². The monoisotopic (exact) mass is 697 g/mol. The van der Waals surface area contributed by atoms with Gasteiger partial charge in [0.2, 0.25) is 0 Å². The first kappa shape index (κ1) is 31.0. The van der Waals surface area contributed by atoms with E-state index in [0.717, 1.165) is 46.1 Å². The SMILES string of the molecule is CC1(C)c2ccccc2-c2cccc(-c3nc(-c4ccccc4)nc(-c4ccc5c(c4)C(C46CC7CC(CC(C7)C4)C6)c4c-5ccc5ccccc45)n3)c21. The van der Waals surface area contributed by atoms with Gasteiger partial charge in [0.25, 0.3) is 0 Å². The van der Waals surface area contributed by atoms with Crippen molar-refractivity contribution in [1.82, 2.24) is 15.0 Å². The second-order valence-electron chi connectivity index (χ2n) is 17.8. The minimum Gasteiger partial charge on any atom is -0.208 e. The van der Waals surface area contributed by atoms with E-state index in [1.807, 2.05) is 0 Å². The maximum absolute atomic E-state index is 5.42. The van der Waals surface area contributed by atoms with E-state index < -0.39 is 0 Å². The maximum Gasteiger partial charge on any atom is 0.164 e. The summed E-state index contributed by atoms with van der Waals surface area (Å²) in [5.74, 6) is 5.22. The van der Waals surface area contributed by atoms with E-state index in [1.165, 1.54) is 88.2 Å². The minimum absolute atomic E-state index is 0.185. The summed E-state index contributed by atoms with van der Waals surface area (Å²) in [5, 5.41) is 2.79. The van der Waals surface area contributed by atoms with Crippen molar-refractivity contribution in [2.24, 2.45) is 23.2 Å². The molecule has 4 fully saturated rings.